The maximum absolute atomic E-state index is 12.7. The minimum atomic E-state index is -0.517. The van der Waals surface area contributed by atoms with E-state index in [0.717, 1.165) is 37.0 Å². The summed E-state index contributed by atoms with van der Waals surface area (Å²) in [5.74, 6) is 1.37. The molecule has 5 nitrogen and oxygen atoms in total. The molecule has 1 unspecified atom stereocenters. The number of nitrogens with one attached hydrogen (secondary N) is 2. The molecule has 0 spiro atoms. The van der Waals surface area contributed by atoms with Crippen LogP contribution in [0.15, 0.2) is 24.3 Å². The first-order chi connectivity index (χ1) is 12.4. The number of hydrogen-bond acceptors (Lipinski definition) is 3. The molecule has 1 saturated carbocycles. The van der Waals surface area contributed by atoms with Crippen LogP contribution in [0.1, 0.15) is 52.0 Å². The normalized spacial score (nSPS) is 21.1. The van der Waals surface area contributed by atoms with E-state index in [0.29, 0.717) is 12.5 Å². The number of carbonyl (C=O) groups excluding carboxylic acids is 2. The van der Waals surface area contributed by atoms with Crippen molar-refractivity contribution in [2.24, 2.45) is 17.8 Å². The number of amides is 2. The van der Waals surface area contributed by atoms with Crippen LogP contribution in [-0.4, -0.2) is 25.0 Å². The van der Waals surface area contributed by atoms with Crippen molar-refractivity contribution in [2.75, 3.05) is 7.11 Å². The number of benzene rings is 1. The second kappa shape index (κ2) is 9.60. The highest BCUT2D eigenvalue weighted by molar-refractivity contribution is 5.88. The van der Waals surface area contributed by atoms with Crippen molar-refractivity contribution in [2.45, 2.75) is 59.0 Å². The lowest BCUT2D eigenvalue weighted by molar-refractivity contribution is -0.132. The molecular formula is C21H32N2O3. The summed E-state index contributed by atoms with van der Waals surface area (Å²) in [6.45, 7) is 6.52. The SMILES string of the molecule is COc1ccccc1CNC(=O)C(NC(=O)C1CCC(C)CC1)C(C)C. The third-order valence-corrected chi connectivity index (χ3v) is 5.28. The molecule has 0 bridgehead atoms. The smallest absolute Gasteiger partial charge is 0.243 e. The highest BCUT2D eigenvalue weighted by atomic mass is 16.5. The lowest BCUT2D eigenvalue weighted by Gasteiger charge is -2.28. The average molecular weight is 360 g/mol. The van der Waals surface area contributed by atoms with E-state index in [1.165, 1.54) is 0 Å². The summed E-state index contributed by atoms with van der Waals surface area (Å²) in [5.41, 5.74) is 0.915. The number of carbonyl (C=O) groups is 2. The van der Waals surface area contributed by atoms with E-state index < -0.39 is 6.04 Å². The van der Waals surface area contributed by atoms with Gasteiger partial charge >= 0.3 is 0 Å². The second-order valence-electron chi connectivity index (χ2n) is 7.72. The molecule has 5 heteroatoms. The lowest BCUT2D eigenvalue weighted by atomic mass is 9.82. The topological polar surface area (TPSA) is 67.4 Å². The van der Waals surface area contributed by atoms with Crippen LogP contribution in [0, 0.1) is 17.8 Å². The van der Waals surface area contributed by atoms with E-state index in [1.807, 2.05) is 38.1 Å². The fraction of sp³-hybridized carbons (Fsp3) is 0.619. The lowest BCUT2D eigenvalue weighted by Crippen LogP contribution is -2.51. The second-order valence-corrected chi connectivity index (χ2v) is 7.72. The van der Waals surface area contributed by atoms with Gasteiger partial charge in [0.1, 0.15) is 11.8 Å². The minimum Gasteiger partial charge on any atom is -0.496 e. The van der Waals surface area contributed by atoms with Gasteiger partial charge in [-0.2, -0.15) is 0 Å². The molecular weight excluding hydrogens is 328 g/mol. The van der Waals surface area contributed by atoms with Gasteiger partial charge in [-0.3, -0.25) is 9.59 Å². The Hall–Kier alpha value is -2.04. The zero-order valence-corrected chi connectivity index (χ0v) is 16.4. The van der Waals surface area contributed by atoms with Crippen LogP contribution in [0.4, 0.5) is 0 Å². The van der Waals surface area contributed by atoms with Crippen LogP contribution in [0.5, 0.6) is 5.75 Å². The van der Waals surface area contributed by atoms with Gasteiger partial charge in [-0.05, 0) is 43.6 Å². The van der Waals surface area contributed by atoms with Crippen molar-refractivity contribution in [3.05, 3.63) is 29.8 Å². The fourth-order valence-electron chi connectivity index (χ4n) is 3.47. The van der Waals surface area contributed by atoms with E-state index in [-0.39, 0.29) is 23.7 Å². The zero-order chi connectivity index (χ0) is 19.1. The van der Waals surface area contributed by atoms with E-state index in [2.05, 4.69) is 17.6 Å². The fourth-order valence-corrected chi connectivity index (χ4v) is 3.47. The first-order valence-electron chi connectivity index (χ1n) is 9.62. The van der Waals surface area contributed by atoms with Crippen LogP contribution >= 0.6 is 0 Å². The summed E-state index contributed by atoms with van der Waals surface area (Å²) in [4.78, 5) is 25.2. The molecule has 144 valence electrons. The molecule has 1 aromatic rings. The van der Waals surface area contributed by atoms with Gasteiger partial charge in [0.2, 0.25) is 11.8 Å². The van der Waals surface area contributed by atoms with E-state index in [1.54, 1.807) is 7.11 Å². The first kappa shape index (κ1) is 20.3. The maximum atomic E-state index is 12.7. The first-order valence-corrected chi connectivity index (χ1v) is 9.62. The molecule has 2 N–H and O–H groups in total. The van der Waals surface area contributed by atoms with E-state index >= 15 is 0 Å². The van der Waals surface area contributed by atoms with Crippen molar-refractivity contribution in [1.29, 1.82) is 0 Å². The van der Waals surface area contributed by atoms with Gasteiger partial charge in [-0.25, -0.2) is 0 Å². The molecule has 0 saturated heterocycles. The maximum Gasteiger partial charge on any atom is 0.243 e. The Bertz CT molecular complexity index is 607. The monoisotopic (exact) mass is 360 g/mol. The number of para-hydroxylation sites is 1. The predicted octanol–water partition coefficient (Wildman–Crippen LogP) is 3.28. The van der Waals surface area contributed by atoms with Crippen molar-refractivity contribution in [3.8, 4) is 5.75 Å². The van der Waals surface area contributed by atoms with E-state index in [9.17, 15) is 9.59 Å². The molecule has 1 atom stereocenters. The quantitative estimate of drug-likeness (QED) is 0.784. The summed E-state index contributed by atoms with van der Waals surface area (Å²) in [7, 11) is 1.61. The Morgan fingerprint density at radius 2 is 1.81 bits per heavy atom. The van der Waals surface area contributed by atoms with Gasteiger partial charge in [-0.15, -0.1) is 0 Å². The van der Waals surface area contributed by atoms with Gasteiger partial charge in [0.05, 0.1) is 7.11 Å². The van der Waals surface area contributed by atoms with Crippen molar-refractivity contribution in [3.63, 3.8) is 0 Å². The molecule has 0 radical (unpaired) electrons. The minimum absolute atomic E-state index is 0.0167. The number of rotatable bonds is 7. The Balaban J connectivity index is 1.93. The number of ether oxygens (including phenoxy) is 1. The average Bonchev–Trinajstić information content (AvgIpc) is 2.64. The van der Waals surface area contributed by atoms with Crippen LogP contribution in [0.2, 0.25) is 0 Å². The standard InChI is InChI=1S/C21H32N2O3/c1-14(2)19(23-20(24)16-11-9-15(3)10-12-16)21(25)22-13-17-7-5-6-8-18(17)26-4/h5-8,14-16,19H,9-13H2,1-4H3,(H,22,25)(H,23,24). The molecule has 1 aliphatic rings. The summed E-state index contributed by atoms with van der Waals surface area (Å²) in [6.07, 6.45) is 4.01. The van der Waals surface area contributed by atoms with Crippen LogP contribution in [0.25, 0.3) is 0 Å². The van der Waals surface area contributed by atoms with Crippen molar-refractivity contribution >= 4 is 11.8 Å². The van der Waals surface area contributed by atoms with Gasteiger partial charge in [0, 0.05) is 18.0 Å². The molecule has 0 aliphatic heterocycles. The highest BCUT2D eigenvalue weighted by Gasteiger charge is 2.29. The summed E-state index contributed by atoms with van der Waals surface area (Å²) in [6, 6.07) is 7.08. The molecule has 2 rings (SSSR count). The predicted molar refractivity (Wildman–Crippen MR) is 103 cm³/mol. The zero-order valence-electron chi connectivity index (χ0n) is 16.4. The Kier molecular flexibility index (Phi) is 7.49. The molecule has 1 aromatic carbocycles. The van der Waals surface area contributed by atoms with Gasteiger partial charge in [-0.1, -0.05) is 39.0 Å². The van der Waals surface area contributed by atoms with Crippen LogP contribution < -0.4 is 15.4 Å². The third kappa shape index (κ3) is 5.48. The Morgan fingerprint density at radius 1 is 1.15 bits per heavy atom. The van der Waals surface area contributed by atoms with Gasteiger partial charge in [0.15, 0.2) is 0 Å². The van der Waals surface area contributed by atoms with Crippen molar-refractivity contribution in [1.82, 2.24) is 10.6 Å². The van der Waals surface area contributed by atoms with E-state index in [4.69, 9.17) is 4.74 Å². The summed E-state index contributed by atoms with van der Waals surface area (Å²) < 4.78 is 5.32. The third-order valence-electron chi connectivity index (χ3n) is 5.28. The summed E-state index contributed by atoms with van der Waals surface area (Å²) in [5, 5.41) is 5.92. The van der Waals surface area contributed by atoms with Crippen LogP contribution in [0.3, 0.4) is 0 Å². The summed E-state index contributed by atoms with van der Waals surface area (Å²) >= 11 is 0. The van der Waals surface area contributed by atoms with Gasteiger partial charge in [0.25, 0.3) is 0 Å². The molecule has 26 heavy (non-hydrogen) atoms. The molecule has 0 heterocycles. The highest BCUT2D eigenvalue weighted by Crippen LogP contribution is 2.28. The molecule has 2 amide bonds. The van der Waals surface area contributed by atoms with Crippen LogP contribution in [-0.2, 0) is 16.1 Å². The molecule has 1 fully saturated rings. The van der Waals surface area contributed by atoms with Gasteiger partial charge < -0.3 is 15.4 Å². The Morgan fingerprint density at radius 3 is 2.42 bits per heavy atom. The molecule has 0 aromatic heterocycles. The number of methoxy groups -OCH3 is 1. The van der Waals surface area contributed by atoms with Crippen molar-refractivity contribution < 1.29 is 14.3 Å². The largest absolute Gasteiger partial charge is 0.496 e. The molecule has 1 aliphatic carbocycles. The number of hydrogen-bond donors (Lipinski definition) is 2. The Labute approximate surface area is 156 Å².